The lowest BCUT2D eigenvalue weighted by Gasteiger charge is -2.12. The summed E-state index contributed by atoms with van der Waals surface area (Å²) in [5.41, 5.74) is 1.31. The average Bonchev–Trinajstić information content (AvgIpc) is 2.93. The van der Waals surface area contributed by atoms with Crippen LogP contribution in [0.2, 0.25) is 0 Å². The van der Waals surface area contributed by atoms with Crippen molar-refractivity contribution >= 4 is 16.9 Å². The highest BCUT2D eigenvalue weighted by Gasteiger charge is 2.21. The molecule has 1 heterocycles. The number of rotatable bonds is 6. The van der Waals surface area contributed by atoms with Gasteiger partial charge in [-0.15, -0.1) is 0 Å². The molecule has 2 rings (SSSR count). The second kappa shape index (κ2) is 7.53. The van der Waals surface area contributed by atoms with Gasteiger partial charge in [-0.2, -0.15) is 0 Å². The number of nitrogens with one attached hydrogen (secondary N) is 1. The van der Waals surface area contributed by atoms with Gasteiger partial charge in [0.15, 0.2) is 5.17 Å². The summed E-state index contributed by atoms with van der Waals surface area (Å²) in [6.45, 7) is 1.20. The number of ether oxygens (including phenoxy) is 2. The standard InChI is InChI=1S/C14H20N2O2S/c1-17-9-12(18-2)8-15-14-16-13(10-19-14)11-6-4-3-5-7-11/h3-7,12-13H,8-10H2,1-2H3,(H,15,16). The smallest absolute Gasteiger partial charge is 0.157 e. The first kappa shape index (κ1) is 14.4. The van der Waals surface area contributed by atoms with Crippen molar-refractivity contribution < 1.29 is 9.47 Å². The molecule has 1 saturated heterocycles. The molecule has 1 aromatic rings. The van der Waals surface area contributed by atoms with E-state index in [9.17, 15) is 0 Å². The summed E-state index contributed by atoms with van der Waals surface area (Å²) in [6.07, 6.45) is 0.0238. The normalized spacial score (nSPS) is 22.4. The number of hydrogen-bond acceptors (Lipinski definition) is 4. The maximum Gasteiger partial charge on any atom is 0.157 e. The molecule has 1 aliphatic heterocycles. The molecule has 0 aromatic heterocycles. The third-order valence-electron chi connectivity index (χ3n) is 3.01. The molecule has 5 heteroatoms. The molecule has 0 radical (unpaired) electrons. The molecule has 19 heavy (non-hydrogen) atoms. The topological polar surface area (TPSA) is 42.8 Å². The third kappa shape index (κ3) is 4.23. The van der Waals surface area contributed by atoms with Gasteiger partial charge in [-0.05, 0) is 5.56 Å². The van der Waals surface area contributed by atoms with Gasteiger partial charge < -0.3 is 14.8 Å². The molecule has 2 atom stereocenters. The monoisotopic (exact) mass is 280 g/mol. The van der Waals surface area contributed by atoms with Gasteiger partial charge in [0.25, 0.3) is 0 Å². The lowest BCUT2D eigenvalue weighted by Crippen LogP contribution is -2.24. The summed E-state index contributed by atoms with van der Waals surface area (Å²) in [5, 5.41) is 4.44. The first-order valence-electron chi connectivity index (χ1n) is 6.34. The van der Waals surface area contributed by atoms with Crippen molar-refractivity contribution in [3.63, 3.8) is 0 Å². The minimum atomic E-state index is 0.0238. The van der Waals surface area contributed by atoms with Gasteiger partial charge in [-0.3, -0.25) is 4.99 Å². The van der Waals surface area contributed by atoms with E-state index < -0.39 is 0 Å². The average molecular weight is 280 g/mol. The van der Waals surface area contributed by atoms with Crippen LogP contribution < -0.4 is 5.32 Å². The van der Waals surface area contributed by atoms with E-state index in [1.165, 1.54) is 5.56 Å². The molecule has 0 aliphatic carbocycles. The summed E-state index contributed by atoms with van der Waals surface area (Å²) in [5.74, 6) is 1.02. The van der Waals surface area contributed by atoms with Crippen molar-refractivity contribution in [2.45, 2.75) is 12.1 Å². The summed E-state index contributed by atoms with van der Waals surface area (Å²) < 4.78 is 10.4. The van der Waals surface area contributed by atoms with Gasteiger partial charge in [0.2, 0.25) is 0 Å². The van der Waals surface area contributed by atoms with E-state index in [0.717, 1.165) is 10.9 Å². The van der Waals surface area contributed by atoms with Crippen molar-refractivity contribution in [2.24, 2.45) is 4.99 Å². The predicted molar refractivity (Wildman–Crippen MR) is 79.8 cm³/mol. The Morgan fingerprint density at radius 1 is 1.37 bits per heavy atom. The Balaban J connectivity index is 1.87. The third-order valence-corrected chi connectivity index (χ3v) is 4.03. The van der Waals surface area contributed by atoms with Gasteiger partial charge in [-0.1, -0.05) is 42.1 Å². The van der Waals surface area contributed by atoms with Crippen molar-refractivity contribution in [2.75, 3.05) is 33.1 Å². The lowest BCUT2D eigenvalue weighted by molar-refractivity contribution is 0.0344. The van der Waals surface area contributed by atoms with E-state index >= 15 is 0 Å². The van der Waals surface area contributed by atoms with E-state index in [1.807, 2.05) is 6.07 Å². The van der Waals surface area contributed by atoms with Crippen LogP contribution >= 0.6 is 11.8 Å². The lowest BCUT2D eigenvalue weighted by atomic mass is 10.1. The van der Waals surface area contributed by atoms with Crippen LogP contribution in [-0.4, -0.2) is 44.4 Å². The summed E-state index contributed by atoms with van der Waals surface area (Å²) in [4.78, 5) is 4.55. The summed E-state index contributed by atoms with van der Waals surface area (Å²) in [6, 6.07) is 10.8. The maximum absolute atomic E-state index is 5.29. The second-order valence-electron chi connectivity index (χ2n) is 4.38. The van der Waals surface area contributed by atoms with Gasteiger partial charge >= 0.3 is 0 Å². The fourth-order valence-electron chi connectivity index (χ4n) is 1.92. The highest BCUT2D eigenvalue weighted by Crippen LogP contribution is 2.25. The number of amidine groups is 1. The highest BCUT2D eigenvalue weighted by molar-refractivity contribution is 8.14. The van der Waals surface area contributed by atoms with Crippen LogP contribution in [0.1, 0.15) is 11.6 Å². The quantitative estimate of drug-likeness (QED) is 0.866. The zero-order valence-electron chi connectivity index (χ0n) is 11.3. The Morgan fingerprint density at radius 2 is 2.16 bits per heavy atom. The van der Waals surface area contributed by atoms with Crippen LogP contribution in [0.3, 0.4) is 0 Å². The van der Waals surface area contributed by atoms with Gasteiger partial charge in [0, 0.05) is 20.0 Å². The van der Waals surface area contributed by atoms with Crippen molar-refractivity contribution in [1.29, 1.82) is 0 Å². The number of aliphatic imine (C=N–C) groups is 1. The van der Waals surface area contributed by atoms with Crippen molar-refractivity contribution in [3.05, 3.63) is 35.9 Å². The second-order valence-corrected chi connectivity index (χ2v) is 5.39. The van der Waals surface area contributed by atoms with Gasteiger partial charge in [0.05, 0.1) is 25.3 Å². The zero-order chi connectivity index (χ0) is 13.5. The van der Waals surface area contributed by atoms with E-state index in [1.54, 1.807) is 26.0 Å². The maximum atomic E-state index is 5.29. The van der Waals surface area contributed by atoms with E-state index in [4.69, 9.17) is 9.47 Å². The summed E-state index contributed by atoms with van der Waals surface area (Å²) >= 11 is 1.76. The van der Waals surface area contributed by atoms with Gasteiger partial charge in [-0.25, -0.2) is 0 Å². The molecule has 1 aliphatic rings. The Kier molecular flexibility index (Phi) is 5.69. The minimum Gasteiger partial charge on any atom is -0.382 e. The Labute approximate surface area is 118 Å². The number of methoxy groups -OCH3 is 2. The van der Waals surface area contributed by atoms with Crippen LogP contribution in [0.5, 0.6) is 0 Å². The largest absolute Gasteiger partial charge is 0.382 e. The molecule has 1 fully saturated rings. The summed E-state index contributed by atoms with van der Waals surface area (Å²) in [7, 11) is 3.36. The van der Waals surface area contributed by atoms with Crippen LogP contribution in [0.15, 0.2) is 35.3 Å². The molecule has 2 unspecified atom stereocenters. The number of nitrogens with zero attached hydrogens (tertiary/aromatic N) is 1. The molecule has 104 valence electrons. The molecular weight excluding hydrogens is 260 g/mol. The Morgan fingerprint density at radius 3 is 2.84 bits per heavy atom. The molecule has 0 spiro atoms. The molecule has 0 bridgehead atoms. The van der Waals surface area contributed by atoms with E-state index in [2.05, 4.69) is 34.6 Å². The van der Waals surface area contributed by atoms with Crippen LogP contribution in [0.4, 0.5) is 0 Å². The van der Waals surface area contributed by atoms with Gasteiger partial charge in [0.1, 0.15) is 0 Å². The van der Waals surface area contributed by atoms with Crippen LogP contribution in [0.25, 0.3) is 0 Å². The van der Waals surface area contributed by atoms with Crippen LogP contribution in [0, 0.1) is 0 Å². The molecule has 0 saturated carbocycles. The van der Waals surface area contributed by atoms with E-state index in [-0.39, 0.29) is 6.10 Å². The minimum absolute atomic E-state index is 0.0238. The molecule has 4 nitrogen and oxygen atoms in total. The van der Waals surface area contributed by atoms with Crippen molar-refractivity contribution in [1.82, 2.24) is 5.32 Å². The predicted octanol–water partition coefficient (Wildman–Crippen LogP) is 2.08. The molecule has 0 amide bonds. The van der Waals surface area contributed by atoms with Crippen molar-refractivity contribution in [3.8, 4) is 0 Å². The Bertz CT molecular complexity index is 411. The van der Waals surface area contributed by atoms with E-state index in [0.29, 0.717) is 19.2 Å². The fraction of sp³-hybridized carbons (Fsp3) is 0.500. The molecule has 1 N–H and O–H groups in total. The first-order valence-corrected chi connectivity index (χ1v) is 7.32. The Hall–Kier alpha value is -1.04. The fourth-order valence-corrected chi connectivity index (χ4v) is 2.91. The molecule has 1 aromatic carbocycles. The number of hydrogen-bond donors (Lipinski definition) is 1. The van der Waals surface area contributed by atoms with Crippen LogP contribution in [-0.2, 0) is 9.47 Å². The SMILES string of the molecule is COCC(CN=C1NC(c2ccccc2)CS1)OC. The first-order chi connectivity index (χ1) is 9.33. The zero-order valence-corrected chi connectivity index (χ0v) is 12.2. The number of benzene rings is 1. The highest BCUT2D eigenvalue weighted by atomic mass is 32.2. The number of thioether (sulfide) groups is 1. The molecular formula is C14H20N2O2S.